The first-order chi connectivity index (χ1) is 17.1. The van der Waals surface area contributed by atoms with Gasteiger partial charge >= 0.3 is 0 Å². The van der Waals surface area contributed by atoms with E-state index in [2.05, 4.69) is 122 Å². The predicted octanol–water partition coefficient (Wildman–Crippen LogP) is 8.86. The zero-order valence-electron chi connectivity index (χ0n) is 19.7. The molecule has 0 radical (unpaired) electrons. The maximum atomic E-state index is 6.91. The molecule has 2 heteroatoms. The number of hydrogen-bond donors (Lipinski definition) is 0. The fraction of sp³-hybridized carbons (Fsp3) is 0.0909. The lowest BCUT2D eigenvalue weighted by Gasteiger charge is -2.26. The van der Waals surface area contributed by atoms with Crippen molar-refractivity contribution in [1.29, 1.82) is 0 Å². The Labute approximate surface area is 204 Å². The monoisotopic (exact) mass is 449 g/mol. The zero-order valence-corrected chi connectivity index (χ0v) is 19.7. The van der Waals surface area contributed by atoms with Crippen molar-refractivity contribution in [3.63, 3.8) is 0 Å². The van der Waals surface area contributed by atoms with Crippen LogP contribution in [0.1, 0.15) is 25.0 Å². The van der Waals surface area contributed by atoms with Crippen LogP contribution in [0.25, 0.3) is 49.7 Å². The van der Waals surface area contributed by atoms with Gasteiger partial charge in [0.2, 0.25) is 0 Å². The van der Waals surface area contributed by atoms with Crippen molar-refractivity contribution in [1.82, 2.24) is 4.57 Å². The molecule has 0 unspecified atom stereocenters. The van der Waals surface area contributed by atoms with Crippen LogP contribution in [0.3, 0.4) is 0 Å². The summed E-state index contributed by atoms with van der Waals surface area (Å²) < 4.78 is 9.32. The van der Waals surface area contributed by atoms with E-state index in [-0.39, 0.29) is 5.41 Å². The summed E-state index contributed by atoms with van der Waals surface area (Å²) in [6.07, 6.45) is 0. The van der Waals surface area contributed by atoms with Gasteiger partial charge in [-0.2, -0.15) is 0 Å². The Morgan fingerprint density at radius 3 is 2.31 bits per heavy atom. The van der Waals surface area contributed by atoms with E-state index in [0.717, 1.165) is 22.7 Å². The minimum Gasteiger partial charge on any atom is -0.452 e. The first kappa shape index (κ1) is 19.1. The van der Waals surface area contributed by atoms with E-state index in [0.29, 0.717) is 0 Å². The van der Waals surface area contributed by atoms with Crippen LogP contribution in [0.5, 0.6) is 11.5 Å². The molecule has 1 aliphatic heterocycles. The second-order valence-corrected chi connectivity index (χ2v) is 10.2. The third-order valence-corrected chi connectivity index (χ3v) is 7.97. The van der Waals surface area contributed by atoms with E-state index in [1.54, 1.807) is 0 Å². The first-order valence-corrected chi connectivity index (χ1v) is 12.2. The molecule has 166 valence electrons. The lowest BCUT2D eigenvalue weighted by atomic mass is 9.82. The van der Waals surface area contributed by atoms with Crippen LogP contribution in [-0.2, 0) is 5.41 Å². The van der Waals surface area contributed by atoms with E-state index < -0.39 is 0 Å². The summed E-state index contributed by atoms with van der Waals surface area (Å²) in [6.45, 7) is 4.63. The van der Waals surface area contributed by atoms with Crippen LogP contribution in [0, 0.1) is 0 Å². The molecule has 0 fully saturated rings. The smallest absolute Gasteiger partial charge is 0.159 e. The van der Waals surface area contributed by atoms with Crippen LogP contribution in [-0.4, -0.2) is 4.57 Å². The molecule has 2 nitrogen and oxygen atoms in total. The molecule has 1 aromatic heterocycles. The summed E-state index contributed by atoms with van der Waals surface area (Å²) in [5.74, 6) is 1.88. The van der Waals surface area contributed by atoms with Gasteiger partial charge in [-0.05, 0) is 52.1 Å². The molecular weight excluding hydrogens is 426 g/mol. The number of hydrogen-bond acceptors (Lipinski definition) is 1. The topological polar surface area (TPSA) is 14.2 Å². The van der Waals surface area contributed by atoms with Crippen LogP contribution in [0.4, 0.5) is 0 Å². The summed E-state index contributed by atoms with van der Waals surface area (Å²) in [5.41, 5.74) is 11.0. The van der Waals surface area contributed by atoms with Gasteiger partial charge in [0.25, 0.3) is 0 Å². The van der Waals surface area contributed by atoms with Crippen molar-refractivity contribution in [3.05, 3.63) is 114 Å². The molecule has 35 heavy (non-hydrogen) atoms. The molecule has 0 atom stereocenters. The number of nitrogens with zero attached hydrogens (tertiary/aromatic N) is 1. The van der Waals surface area contributed by atoms with Crippen LogP contribution in [0.15, 0.2) is 103 Å². The van der Waals surface area contributed by atoms with Gasteiger partial charge in [0.05, 0.1) is 16.7 Å². The molecule has 0 saturated carbocycles. The maximum absolute atomic E-state index is 6.91. The number of rotatable bonds is 1. The van der Waals surface area contributed by atoms with Gasteiger partial charge < -0.3 is 9.30 Å². The SMILES string of the molecule is CC1(C)c2ccccc2-c2c1ccc1c2Oc2cc(-c3ccccc3)cc3c4ccccc4n-1c23. The Morgan fingerprint density at radius 2 is 1.43 bits per heavy atom. The van der Waals surface area contributed by atoms with Crippen molar-refractivity contribution in [2.75, 3.05) is 0 Å². The summed E-state index contributed by atoms with van der Waals surface area (Å²) in [4.78, 5) is 0. The van der Waals surface area contributed by atoms with Crippen molar-refractivity contribution < 1.29 is 4.74 Å². The fourth-order valence-corrected chi connectivity index (χ4v) is 6.33. The molecule has 8 rings (SSSR count). The average molecular weight is 450 g/mol. The maximum Gasteiger partial charge on any atom is 0.159 e. The third kappa shape index (κ3) is 2.34. The van der Waals surface area contributed by atoms with Crippen LogP contribution in [0.2, 0.25) is 0 Å². The van der Waals surface area contributed by atoms with Gasteiger partial charge in [0, 0.05) is 21.8 Å². The van der Waals surface area contributed by atoms with Gasteiger partial charge in [-0.3, -0.25) is 0 Å². The molecule has 0 spiro atoms. The lowest BCUT2D eigenvalue weighted by Crippen LogP contribution is -2.15. The molecule has 0 N–H and O–H groups in total. The quantitative estimate of drug-likeness (QED) is 0.244. The number of para-hydroxylation sites is 1. The fourth-order valence-electron chi connectivity index (χ4n) is 6.33. The van der Waals surface area contributed by atoms with Crippen molar-refractivity contribution in [2.45, 2.75) is 19.3 Å². The second-order valence-electron chi connectivity index (χ2n) is 10.2. The minimum absolute atomic E-state index is 0.0649. The third-order valence-electron chi connectivity index (χ3n) is 7.97. The number of ether oxygens (including phenoxy) is 1. The molecule has 0 amide bonds. The van der Waals surface area contributed by atoms with Crippen LogP contribution >= 0.6 is 0 Å². The summed E-state index contributed by atoms with van der Waals surface area (Å²) in [7, 11) is 0. The van der Waals surface area contributed by atoms with Crippen molar-refractivity contribution in [2.24, 2.45) is 0 Å². The van der Waals surface area contributed by atoms with Gasteiger partial charge in [-0.15, -0.1) is 0 Å². The Balaban J connectivity index is 1.51. The Kier molecular flexibility index (Phi) is 3.50. The van der Waals surface area contributed by atoms with Gasteiger partial charge in [-0.1, -0.05) is 92.7 Å². The lowest BCUT2D eigenvalue weighted by molar-refractivity contribution is 0.477. The highest BCUT2D eigenvalue weighted by atomic mass is 16.5. The van der Waals surface area contributed by atoms with E-state index in [1.807, 2.05) is 0 Å². The number of benzene rings is 5. The Bertz CT molecular complexity index is 1840. The highest BCUT2D eigenvalue weighted by molar-refractivity contribution is 6.14. The normalized spacial score (nSPS) is 14.5. The van der Waals surface area contributed by atoms with Gasteiger partial charge in [0.15, 0.2) is 11.5 Å². The van der Waals surface area contributed by atoms with Crippen molar-refractivity contribution in [3.8, 4) is 39.4 Å². The second kappa shape index (κ2) is 6.43. The van der Waals surface area contributed by atoms with Crippen molar-refractivity contribution >= 4 is 21.8 Å². The largest absolute Gasteiger partial charge is 0.452 e. The molecule has 2 heterocycles. The van der Waals surface area contributed by atoms with E-state index >= 15 is 0 Å². The van der Waals surface area contributed by atoms with Gasteiger partial charge in [-0.25, -0.2) is 0 Å². The molecule has 0 bridgehead atoms. The Hall–Kier alpha value is -4.30. The zero-order chi connectivity index (χ0) is 23.3. The van der Waals surface area contributed by atoms with E-state index in [4.69, 9.17) is 4.74 Å². The summed E-state index contributed by atoms with van der Waals surface area (Å²) >= 11 is 0. The summed E-state index contributed by atoms with van der Waals surface area (Å²) in [5, 5.41) is 2.48. The average Bonchev–Trinajstić information content (AvgIpc) is 3.36. The standard InChI is InChI=1S/C33H23NO/c1-33(2)25-14-8-6-13-23(25)30-26(33)16-17-28-32(30)35-29-19-21(20-10-4-3-5-11-20)18-24-22-12-7-9-15-27(22)34(28)31(24)29/h3-19H,1-2H3. The Morgan fingerprint density at radius 1 is 0.657 bits per heavy atom. The molecular formula is C33H23NO. The number of aromatic nitrogens is 1. The van der Waals surface area contributed by atoms with E-state index in [1.165, 1.54) is 49.7 Å². The summed E-state index contributed by atoms with van der Waals surface area (Å²) in [6, 6.07) is 37.1. The van der Waals surface area contributed by atoms with Gasteiger partial charge in [0.1, 0.15) is 0 Å². The first-order valence-electron chi connectivity index (χ1n) is 12.2. The van der Waals surface area contributed by atoms with E-state index in [9.17, 15) is 0 Å². The molecule has 5 aromatic carbocycles. The van der Waals surface area contributed by atoms with Crippen LogP contribution < -0.4 is 4.74 Å². The number of fused-ring (bicyclic) bond motifs is 9. The molecule has 1 aliphatic carbocycles. The highest BCUT2D eigenvalue weighted by Gasteiger charge is 2.39. The molecule has 2 aliphatic rings. The molecule has 0 saturated heterocycles. The molecule has 6 aromatic rings. The minimum atomic E-state index is -0.0649. The highest BCUT2D eigenvalue weighted by Crippen LogP contribution is 2.57. The predicted molar refractivity (Wildman–Crippen MR) is 144 cm³/mol.